The van der Waals surface area contributed by atoms with E-state index >= 15 is 0 Å². The zero-order chi connectivity index (χ0) is 12.8. The minimum absolute atomic E-state index is 0.420. The van der Waals surface area contributed by atoms with Crippen molar-refractivity contribution in [1.82, 2.24) is 5.32 Å². The van der Waals surface area contributed by atoms with Crippen LogP contribution in [0.15, 0.2) is 12.1 Å². The summed E-state index contributed by atoms with van der Waals surface area (Å²) in [5.74, 6) is 0.895. The Balaban J connectivity index is 2.80. The molecule has 0 saturated heterocycles. The Bertz CT molecular complexity index is 402. The van der Waals surface area contributed by atoms with Gasteiger partial charge in [0, 0.05) is 6.54 Å². The quantitative estimate of drug-likeness (QED) is 0.875. The number of carbonyl (C=O) groups excluding carboxylic acids is 1. The average molecular weight is 237 g/mol. The number of ether oxygens (including phenoxy) is 2. The molecule has 0 aliphatic rings. The highest BCUT2D eigenvalue weighted by Crippen LogP contribution is 2.22. The van der Waals surface area contributed by atoms with Gasteiger partial charge in [-0.05, 0) is 43.5 Å². The maximum atomic E-state index is 11.0. The fourth-order valence-corrected chi connectivity index (χ4v) is 1.59. The molecule has 0 radical (unpaired) electrons. The summed E-state index contributed by atoms with van der Waals surface area (Å²) in [5.41, 5.74) is 3.23. The number of alkyl carbamates (subject to hydrolysis) is 1. The summed E-state index contributed by atoms with van der Waals surface area (Å²) in [5, 5.41) is 2.67. The molecule has 17 heavy (non-hydrogen) atoms. The second-order valence-electron chi connectivity index (χ2n) is 3.82. The van der Waals surface area contributed by atoms with Crippen molar-refractivity contribution in [3.05, 3.63) is 28.8 Å². The van der Waals surface area contributed by atoms with Gasteiger partial charge in [0.05, 0.1) is 13.7 Å². The first kappa shape index (κ1) is 13.4. The van der Waals surface area contributed by atoms with Crippen LogP contribution < -0.4 is 10.1 Å². The molecule has 1 rings (SSSR count). The average Bonchev–Trinajstić information content (AvgIpc) is 2.31. The van der Waals surface area contributed by atoms with E-state index in [0.29, 0.717) is 13.2 Å². The molecule has 1 N–H and O–H groups in total. The molecular formula is C13H19NO3. The predicted molar refractivity (Wildman–Crippen MR) is 66.3 cm³/mol. The molecule has 0 bridgehead atoms. The Hall–Kier alpha value is -1.71. The van der Waals surface area contributed by atoms with Gasteiger partial charge in [0.1, 0.15) is 5.75 Å². The van der Waals surface area contributed by atoms with Gasteiger partial charge in [0.2, 0.25) is 0 Å². The number of benzene rings is 1. The van der Waals surface area contributed by atoms with Crippen LogP contribution in [0.1, 0.15) is 23.6 Å². The number of carbonyl (C=O) groups is 1. The van der Waals surface area contributed by atoms with Crippen LogP contribution in [0, 0.1) is 13.8 Å². The van der Waals surface area contributed by atoms with Crippen molar-refractivity contribution in [1.29, 1.82) is 0 Å². The van der Waals surface area contributed by atoms with Crippen LogP contribution >= 0.6 is 0 Å². The molecule has 0 aliphatic heterocycles. The number of nitrogens with one attached hydrogen (secondary N) is 1. The number of aryl methyl sites for hydroxylation is 2. The SMILES string of the molecule is CCOc1cc(C)c(CNC(=O)OC)cc1C. The number of hydrogen-bond donors (Lipinski definition) is 1. The first-order valence-corrected chi connectivity index (χ1v) is 5.63. The standard InChI is InChI=1S/C13H19NO3/c1-5-17-12-7-9(2)11(6-10(12)3)8-14-13(15)16-4/h6-7H,5,8H2,1-4H3,(H,14,15). The van der Waals surface area contributed by atoms with Crippen LogP contribution in [0.5, 0.6) is 5.75 Å². The van der Waals surface area contributed by atoms with Crippen molar-refractivity contribution in [3.63, 3.8) is 0 Å². The summed E-state index contributed by atoms with van der Waals surface area (Å²) in [4.78, 5) is 11.0. The maximum Gasteiger partial charge on any atom is 0.407 e. The molecule has 94 valence electrons. The summed E-state index contributed by atoms with van der Waals surface area (Å²) in [7, 11) is 1.35. The molecule has 1 aromatic rings. The molecule has 1 amide bonds. The highest BCUT2D eigenvalue weighted by molar-refractivity contribution is 5.67. The summed E-state index contributed by atoms with van der Waals surface area (Å²) >= 11 is 0. The summed E-state index contributed by atoms with van der Waals surface area (Å²) in [6, 6.07) is 4.02. The van der Waals surface area contributed by atoms with E-state index in [1.54, 1.807) is 0 Å². The summed E-state index contributed by atoms with van der Waals surface area (Å²) in [6.07, 6.45) is -0.420. The third-order valence-corrected chi connectivity index (χ3v) is 2.54. The van der Waals surface area contributed by atoms with Gasteiger partial charge < -0.3 is 14.8 Å². The molecule has 4 nitrogen and oxygen atoms in total. The molecule has 0 aliphatic carbocycles. The third kappa shape index (κ3) is 3.66. The van der Waals surface area contributed by atoms with Gasteiger partial charge in [0.15, 0.2) is 0 Å². The minimum atomic E-state index is -0.420. The minimum Gasteiger partial charge on any atom is -0.494 e. The van der Waals surface area contributed by atoms with Gasteiger partial charge in [0.25, 0.3) is 0 Å². The molecule has 0 fully saturated rings. The van der Waals surface area contributed by atoms with Gasteiger partial charge in [-0.3, -0.25) is 0 Å². The molecule has 4 heteroatoms. The van der Waals surface area contributed by atoms with Gasteiger partial charge in [-0.1, -0.05) is 6.07 Å². The van der Waals surface area contributed by atoms with Gasteiger partial charge in [-0.15, -0.1) is 0 Å². The van der Waals surface area contributed by atoms with Crippen molar-refractivity contribution in [2.24, 2.45) is 0 Å². The van der Waals surface area contributed by atoms with Gasteiger partial charge in [-0.2, -0.15) is 0 Å². The lowest BCUT2D eigenvalue weighted by atomic mass is 10.0. The lowest BCUT2D eigenvalue weighted by Gasteiger charge is -2.12. The molecule has 0 heterocycles. The normalized spacial score (nSPS) is 9.88. The number of amides is 1. The molecule has 0 unspecified atom stereocenters. The summed E-state index contributed by atoms with van der Waals surface area (Å²) < 4.78 is 10.0. The van der Waals surface area contributed by atoms with Crippen molar-refractivity contribution in [2.45, 2.75) is 27.3 Å². The Morgan fingerprint density at radius 2 is 2.00 bits per heavy atom. The highest BCUT2D eigenvalue weighted by atomic mass is 16.5. The zero-order valence-electron chi connectivity index (χ0n) is 10.8. The van der Waals surface area contributed by atoms with Crippen LogP contribution in [0.3, 0.4) is 0 Å². The number of rotatable bonds is 4. The monoisotopic (exact) mass is 237 g/mol. The van der Waals surface area contributed by atoms with E-state index in [0.717, 1.165) is 22.4 Å². The van der Waals surface area contributed by atoms with E-state index in [1.807, 2.05) is 32.9 Å². The van der Waals surface area contributed by atoms with Crippen molar-refractivity contribution < 1.29 is 14.3 Å². The zero-order valence-corrected chi connectivity index (χ0v) is 10.8. The second-order valence-corrected chi connectivity index (χ2v) is 3.82. The number of methoxy groups -OCH3 is 1. The second kappa shape index (κ2) is 6.13. The van der Waals surface area contributed by atoms with Crippen LogP contribution in [-0.4, -0.2) is 19.8 Å². The fourth-order valence-electron chi connectivity index (χ4n) is 1.59. The van der Waals surface area contributed by atoms with E-state index in [-0.39, 0.29) is 0 Å². The van der Waals surface area contributed by atoms with E-state index in [9.17, 15) is 4.79 Å². The van der Waals surface area contributed by atoms with E-state index in [4.69, 9.17) is 4.74 Å². The van der Waals surface area contributed by atoms with E-state index < -0.39 is 6.09 Å². The van der Waals surface area contributed by atoms with Crippen LogP contribution in [0.25, 0.3) is 0 Å². The van der Waals surface area contributed by atoms with Crippen LogP contribution in [0.4, 0.5) is 4.79 Å². The van der Waals surface area contributed by atoms with Gasteiger partial charge in [-0.25, -0.2) is 4.79 Å². The largest absolute Gasteiger partial charge is 0.494 e. The lowest BCUT2D eigenvalue weighted by molar-refractivity contribution is 0.170. The fraction of sp³-hybridized carbons (Fsp3) is 0.462. The first-order valence-electron chi connectivity index (χ1n) is 5.63. The molecule has 0 saturated carbocycles. The van der Waals surface area contributed by atoms with Crippen molar-refractivity contribution in [2.75, 3.05) is 13.7 Å². The number of hydrogen-bond acceptors (Lipinski definition) is 3. The van der Waals surface area contributed by atoms with Gasteiger partial charge >= 0.3 is 6.09 Å². The lowest BCUT2D eigenvalue weighted by Crippen LogP contribution is -2.22. The Morgan fingerprint density at radius 3 is 2.59 bits per heavy atom. The molecule has 0 atom stereocenters. The predicted octanol–water partition coefficient (Wildman–Crippen LogP) is 2.56. The first-order chi connectivity index (χ1) is 8.08. The van der Waals surface area contributed by atoms with Crippen molar-refractivity contribution in [3.8, 4) is 5.75 Å². The van der Waals surface area contributed by atoms with E-state index in [1.165, 1.54) is 7.11 Å². The van der Waals surface area contributed by atoms with Crippen molar-refractivity contribution >= 4 is 6.09 Å². The Morgan fingerprint density at radius 1 is 1.29 bits per heavy atom. The highest BCUT2D eigenvalue weighted by Gasteiger charge is 2.06. The third-order valence-electron chi connectivity index (χ3n) is 2.54. The Kier molecular flexibility index (Phi) is 4.82. The Labute approximate surface area is 102 Å². The molecular weight excluding hydrogens is 218 g/mol. The molecule has 1 aromatic carbocycles. The van der Waals surface area contributed by atoms with Crippen LogP contribution in [-0.2, 0) is 11.3 Å². The molecule has 0 spiro atoms. The topological polar surface area (TPSA) is 47.6 Å². The van der Waals surface area contributed by atoms with Crippen LogP contribution in [0.2, 0.25) is 0 Å². The molecule has 0 aromatic heterocycles. The smallest absolute Gasteiger partial charge is 0.407 e. The summed E-state index contributed by atoms with van der Waals surface area (Å²) in [6.45, 7) is 7.07. The van der Waals surface area contributed by atoms with E-state index in [2.05, 4.69) is 10.1 Å². The maximum absolute atomic E-state index is 11.0.